The molecule has 1 saturated heterocycles. The fourth-order valence-electron chi connectivity index (χ4n) is 4.96. The first-order valence-electron chi connectivity index (χ1n) is 14.8. The van der Waals surface area contributed by atoms with Crippen LogP contribution in [0.4, 0.5) is 10.6 Å². The molecule has 0 saturated carbocycles. The van der Waals surface area contributed by atoms with Crippen LogP contribution in [0.15, 0.2) is 54.7 Å². The molecule has 12 nitrogen and oxygen atoms in total. The van der Waals surface area contributed by atoms with Crippen LogP contribution in [-0.2, 0) is 30.5 Å². The van der Waals surface area contributed by atoms with Crippen LogP contribution in [0.25, 0.3) is 0 Å². The molecule has 1 aliphatic heterocycles. The number of carboxylic acids is 1. The topological polar surface area (TPSA) is 159 Å². The number of hydrogen-bond acceptors (Lipinski definition) is 8. The third-order valence-electron chi connectivity index (χ3n) is 7.21. The van der Waals surface area contributed by atoms with E-state index in [0.29, 0.717) is 31.6 Å². The minimum atomic E-state index is -1.25. The van der Waals surface area contributed by atoms with Crippen LogP contribution < -0.4 is 16.0 Å². The average Bonchev–Trinajstić information content (AvgIpc) is 3.43. The highest BCUT2D eigenvalue weighted by atomic mass is 16.6. The number of rotatable bonds is 17. The molecule has 3 rings (SSSR count). The summed E-state index contributed by atoms with van der Waals surface area (Å²) in [5, 5.41) is 17.9. The third kappa shape index (κ3) is 11.2. The van der Waals surface area contributed by atoms with Gasteiger partial charge in [-0.25, -0.2) is 14.6 Å². The van der Waals surface area contributed by atoms with Gasteiger partial charge in [-0.15, -0.1) is 0 Å². The van der Waals surface area contributed by atoms with Gasteiger partial charge in [0, 0.05) is 25.2 Å². The smallest absolute Gasteiger partial charge is 0.410 e. The molecule has 1 aromatic carbocycles. The quantitative estimate of drug-likeness (QED) is 0.215. The number of carbonyl (C=O) groups excluding carboxylic acids is 3. The molecule has 0 bridgehead atoms. The summed E-state index contributed by atoms with van der Waals surface area (Å²) in [5.74, 6) is -1.67. The summed E-state index contributed by atoms with van der Waals surface area (Å²) in [4.78, 5) is 55.8. The van der Waals surface area contributed by atoms with Crippen molar-refractivity contribution >= 4 is 29.7 Å². The summed E-state index contributed by atoms with van der Waals surface area (Å²) >= 11 is 0. The molecular formula is C31H43N5O7. The van der Waals surface area contributed by atoms with Crippen molar-refractivity contribution in [1.29, 1.82) is 0 Å². The zero-order valence-electron chi connectivity index (χ0n) is 24.9. The minimum absolute atomic E-state index is 0.128. The molecule has 3 atom stereocenters. The SMILES string of the molecule is CCCC(CCC)C(=O)NC(CNC(=O)COC1CC(CNc2ccccn2)N(C(=O)OCc2ccccc2)C1)C(=O)O. The molecule has 1 aliphatic rings. The van der Waals surface area contributed by atoms with Gasteiger partial charge in [-0.1, -0.05) is 63.1 Å². The van der Waals surface area contributed by atoms with Crippen molar-refractivity contribution in [3.05, 3.63) is 60.3 Å². The number of carbonyl (C=O) groups is 4. The van der Waals surface area contributed by atoms with Gasteiger partial charge in [-0.3, -0.25) is 9.59 Å². The van der Waals surface area contributed by atoms with Gasteiger partial charge in [0.05, 0.1) is 18.7 Å². The molecule has 0 spiro atoms. The molecule has 4 N–H and O–H groups in total. The van der Waals surface area contributed by atoms with E-state index < -0.39 is 30.1 Å². The standard InChI is InChI=1S/C31H43N5O7/c1-3-10-23(11-4-2)29(38)35-26(30(39)40)18-34-28(37)21-42-25-16-24(17-33-27-14-8-9-15-32-27)36(19-25)31(41)43-20-22-12-6-5-7-13-22/h5-9,12-15,23-26H,3-4,10-11,16-21H2,1-2H3,(H,32,33)(H,34,37)(H,35,38)(H,39,40). The molecular weight excluding hydrogens is 554 g/mol. The molecule has 234 valence electrons. The van der Waals surface area contributed by atoms with Gasteiger partial charge < -0.3 is 35.4 Å². The number of likely N-dealkylation sites (tertiary alicyclic amines) is 1. The zero-order valence-corrected chi connectivity index (χ0v) is 24.9. The van der Waals surface area contributed by atoms with Gasteiger partial charge >= 0.3 is 12.1 Å². The van der Waals surface area contributed by atoms with Crippen molar-refractivity contribution in [3.8, 4) is 0 Å². The van der Waals surface area contributed by atoms with Crippen molar-refractivity contribution in [1.82, 2.24) is 20.5 Å². The summed E-state index contributed by atoms with van der Waals surface area (Å²) < 4.78 is 11.4. The van der Waals surface area contributed by atoms with Crippen LogP contribution in [0.2, 0.25) is 0 Å². The lowest BCUT2D eigenvalue weighted by molar-refractivity contribution is -0.142. The van der Waals surface area contributed by atoms with E-state index in [0.717, 1.165) is 18.4 Å². The van der Waals surface area contributed by atoms with Gasteiger partial charge in [-0.05, 0) is 37.0 Å². The van der Waals surface area contributed by atoms with Crippen molar-refractivity contribution < 1.29 is 33.8 Å². The first kappa shape index (κ1) is 33.3. The van der Waals surface area contributed by atoms with Gasteiger partial charge in [0.2, 0.25) is 11.8 Å². The van der Waals surface area contributed by atoms with E-state index in [-0.39, 0.29) is 44.2 Å². The molecule has 0 aliphatic carbocycles. The van der Waals surface area contributed by atoms with Crippen LogP contribution in [0.1, 0.15) is 51.5 Å². The summed E-state index contributed by atoms with van der Waals surface area (Å²) in [6, 6.07) is 13.3. The molecule has 2 aromatic rings. The fourth-order valence-corrected chi connectivity index (χ4v) is 4.96. The Bertz CT molecular complexity index is 1160. The maximum Gasteiger partial charge on any atom is 0.410 e. The van der Waals surface area contributed by atoms with E-state index in [9.17, 15) is 24.3 Å². The molecule has 3 amide bonds. The molecule has 1 aromatic heterocycles. The Morgan fingerprint density at radius 1 is 1.05 bits per heavy atom. The lowest BCUT2D eigenvalue weighted by Crippen LogP contribution is -2.50. The number of aliphatic carboxylic acids is 1. The number of benzene rings is 1. The number of ether oxygens (including phenoxy) is 2. The van der Waals surface area contributed by atoms with Crippen LogP contribution in [0.3, 0.4) is 0 Å². The minimum Gasteiger partial charge on any atom is -0.480 e. The van der Waals surface area contributed by atoms with Gasteiger partial charge in [0.15, 0.2) is 0 Å². The predicted octanol–water partition coefficient (Wildman–Crippen LogP) is 3.19. The van der Waals surface area contributed by atoms with E-state index in [1.54, 1.807) is 11.1 Å². The Morgan fingerprint density at radius 2 is 1.77 bits per heavy atom. The lowest BCUT2D eigenvalue weighted by Gasteiger charge is -2.24. The zero-order chi connectivity index (χ0) is 31.0. The highest BCUT2D eigenvalue weighted by Gasteiger charge is 2.37. The van der Waals surface area contributed by atoms with Gasteiger partial charge in [-0.2, -0.15) is 0 Å². The number of pyridine rings is 1. The van der Waals surface area contributed by atoms with Crippen molar-refractivity contribution in [3.63, 3.8) is 0 Å². The first-order chi connectivity index (χ1) is 20.8. The van der Waals surface area contributed by atoms with E-state index in [1.807, 2.05) is 62.4 Å². The monoisotopic (exact) mass is 597 g/mol. The summed E-state index contributed by atoms with van der Waals surface area (Å²) in [7, 11) is 0. The van der Waals surface area contributed by atoms with E-state index >= 15 is 0 Å². The number of carboxylic acid groups (broad SMARTS) is 1. The fraction of sp³-hybridized carbons (Fsp3) is 0.516. The maximum absolute atomic E-state index is 13.0. The van der Waals surface area contributed by atoms with Crippen molar-refractivity contribution in [2.45, 2.75) is 70.7 Å². The van der Waals surface area contributed by atoms with E-state index in [4.69, 9.17) is 9.47 Å². The molecule has 12 heteroatoms. The number of hydrogen-bond donors (Lipinski definition) is 4. The number of nitrogens with zero attached hydrogens (tertiary/aromatic N) is 2. The van der Waals surface area contributed by atoms with Crippen molar-refractivity contribution in [2.24, 2.45) is 5.92 Å². The predicted molar refractivity (Wildman–Crippen MR) is 160 cm³/mol. The Hall–Kier alpha value is -4.19. The van der Waals surface area contributed by atoms with Crippen molar-refractivity contribution in [2.75, 3.05) is 31.6 Å². The molecule has 0 radical (unpaired) electrons. The van der Waals surface area contributed by atoms with Crippen LogP contribution >= 0.6 is 0 Å². The molecule has 43 heavy (non-hydrogen) atoms. The number of anilines is 1. The van der Waals surface area contributed by atoms with Crippen LogP contribution in [0, 0.1) is 5.92 Å². The molecule has 3 unspecified atom stereocenters. The highest BCUT2D eigenvalue weighted by molar-refractivity contribution is 5.86. The third-order valence-corrected chi connectivity index (χ3v) is 7.21. The molecule has 1 fully saturated rings. The highest BCUT2D eigenvalue weighted by Crippen LogP contribution is 2.22. The number of nitrogens with one attached hydrogen (secondary N) is 3. The maximum atomic E-state index is 13.0. The van der Waals surface area contributed by atoms with E-state index in [1.165, 1.54) is 0 Å². The largest absolute Gasteiger partial charge is 0.480 e. The van der Waals surface area contributed by atoms with Gasteiger partial charge in [0.25, 0.3) is 0 Å². The summed E-state index contributed by atoms with van der Waals surface area (Å²) in [5.41, 5.74) is 0.866. The number of aromatic nitrogens is 1. The van der Waals surface area contributed by atoms with Crippen LogP contribution in [-0.4, -0.2) is 83.3 Å². The summed E-state index contributed by atoms with van der Waals surface area (Å²) in [6.07, 6.45) is 4.16. The normalized spacial score (nSPS) is 16.9. The van der Waals surface area contributed by atoms with Crippen LogP contribution in [0.5, 0.6) is 0 Å². The Labute approximate surface area is 252 Å². The first-order valence-corrected chi connectivity index (χ1v) is 14.8. The van der Waals surface area contributed by atoms with Gasteiger partial charge in [0.1, 0.15) is 25.1 Å². The summed E-state index contributed by atoms with van der Waals surface area (Å²) in [6.45, 7) is 4.10. The second-order valence-electron chi connectivity index (χ2n) is 10.6. The Morgan fingerprint density at radius 3 is 2.42 bits per heavy atom. The second-order valence-corrected chi connectivity index (χ2v) is 10.6. The Balaban J connectivity index is 1.52. The second kappa shape index (κ2) is 17.7. The molecule has 2 heterocycles. The lowest BCUT2D eigenvalue weighted by atomic mass is 9.97. The van der Waals surface area contributed by atoms with E-state index in [2.05, 4.69) is 20.9 Å². The number of amides is 3. The Kier molecular flexibility index (Phi) is 13.7. The average molecular weight is 598 g/mol.